The molecule has 42 heavy (non-hydrogen) atoms. The van der Waals surface area contributed by atoms with Gasteiger partial charge in [0, 0.05) is 6.42 Å². The van der Waals surface area contributed by atoms with Gasteiger partial charge in [0.2, 0.25) is 11.5 Å². The number of nitrogens with zero attached hydrogens (tertiary/aromatic N) is 4. The second-order valence-electron chi connectivity index (χ2n) is 12.0. The number of carbonyl (C=O) groups excluding carboxylic acids is 3. The van der Waals surface area contributed by atoms with Gasteiger partial charge in [-0.25, -0.2) is 14.3 Å². The number of rotatable bonds is 8. The molecule has 228 valence electrons. The molecule has 0 aromatic carbocycles. The number of carbonyl (C=O) groups is 3. The molecule has 0 unspecified atom stereocenters. The Morgan fingerprint density at radius 3 is 2.52 bits per heavy atom. The molecule has 0 aliphatic carbocycles. The highest BCUT2D eigenvalue weighted by Gasteiger charge is 2.65. The van der Waals surface area contributed by atoms with Gasteiger partial charge in [0.05, 0.1) is 5.69 Å². The number of amides is 2. The van der Waals surface area contributed by atoms with E-state index in [2.05, 4.69) is 26.8 Å². The third kappa shape index (κ3) is 6.18. The van der Waals surface area contributed by atoms with Gasteiger partial charge in [-0.2, -0.15) is 10.4 Å². The number of hydrogen-bond acceptors (Lipinski definition) is 11. The zero-order chi connectivity index (χ0) is 31.0. The molecule has 14 nitrogen and oxygen atoms in total. The summed E-state index contributed by atoms with van der Waals surface area (Å²) in [5.74, 6) is -2.08. The molecule has 0 bridgehead atoms. The van der Waals surface area contributed by atoms with Crippen molar-refractivity contribution in [3.8, 4) is 6.07 Å². The summed E-state index contributed by atoms with van der Waals surface area (Å²) in [5.41, 5.74) is -1.75. The van der Waals surface area contributed by atoms with E-state index in [4.69, 9.17) is 23.7 Å². The summed E-state index contributed by atoms with van der Waals surface area (Å²) in [4.78, 5) is 41.8. The molecular formula is C28H38N6O8. The molecule has 4 heterocycles. The van der Waals surface area contributed by atoms with E-state index in [1.165, 1.54) is 10.8 Å². The fourth-order valence-electron chi connectivity index (χ4n) is 4.98. The van der Waals surface area contributed by atoms with Crippen molar-refractivity contribution in [3.05, 3.63) is 24.2 Å². The second kappa shape index (κ2) is 11.5. The Hall–Kier alpha value is -3.80. The number of fused-ring (bicyclic) bond motifs is 2. The Balaban J connectivity index is 1.65. The number of nitrogens with one attached hydrogen (secondary N) is 2. The highest BCUT2D eigenvalue weighted by Crippen LogP contribution is 2.49. The van der Waals surface area contributed by atoms with Crippen LogP contribution in [0.2, 0.25) is 0 Å². The Bertz CT molecular complexity index is 1390. The smallest absolute Gasteiger partial charge is 0.408 e. The predicted octanol–water partition coefficient (Wildman–Crippen LogP) is 2.81. The van der Waals surface area contributed by atoms with Crippen molar-refractivity contribution in [1.29, 1.82) is 5.26 Å². The first-order chi connectivity index (χ1) is 19.6. The van der Waals surface area contributed by atoms with Crippen LogP contribution in [-0.4, -0.2) is 74.9 Å². The number of hydrogen-bond donors (Lipinski definition) is 2. The van der Waals surface area contributed by atoms with Crippen molar-refractivity contribution in [2.75, 3.05) is 11.9 Å². The van der Waals surface area contributed by atoms with E-state index in [1.54, 1.807) is 67.5 Å². The maximum Gasteiger partial charge on any atom is 0.408 e. The molecule has 4 rings (SSSR count). The first-order valence-corrected chi connectivity index (χ1v) is 13.8. The van der Waals surface area contributed by atoms with Crippen LogP contribution in [0.1, 0.15) is 67.5 Å². The topological polar surface area (TPSA) is 175 Å². The molecule has 0 saturated carbocycles. The highest BCUT2D eigenvalue weighted by atomic mass is 16.8. The van der Waals surface area contributed by atoms with Crippen LogP contribution in [0, 0.1) is 17.2 Å². The lowest BCUT2D eigenvalue weighted by atomic mass is 9.92. The zero-order valence-electron chi connectivity index (χ0n) is 25.1. The van der Waals surface area contributed by atoms with Crippen molar-refractivity contribution < 1.29 is 38.1 Å². The third-order valence-corrected chi connectivity index (χ3v) is 6.79. The van der Waals surface area contributed by atoms with Crippen molar-refractivity contribution in [1.82, 2.24) is 19.9 Å². The number of anilines is 1. The lowest BCUT2D eigenvalue weighted by Crippen LogP contribution is -2.48. The summed E-state index contributed by atoms with van der Waals surface area (Å²) >= 11 is 0. The van der Waals surface area contributed by atoms with Crippen molar-refractivity contribution in [2.45, 2.75) is 103 Å². The van der Waals surface area contributed by atoms with E-state index in [0.717, 1.165) is 0 Å². The lowest BCUT2D eigenvalue weighted by Gasteiger charge is -2.29. The van der Waals surface area contributed by atoms with E-state index in [-0.39, 0.29) is 24.8 Å². The molecule has 14 heteroatoms. The minimum absolute atomic E-state index is 0.127. The molecule has 2 aromatic rings. The van der Waals surface area contributed by atoms with Crippen LogP contribution >= 0.6 is 0 Å². The zero-order valence-corrected chi connectivity index (χ0v) is 25.1. The van der Waals surface area contributed by atoms with Gasteiger partial charge in [-0.1, -0.05) is 20.8 Å². The summed E-state index contributed by atoms with van der Waals surface area (Å²) in [6, 6.07) is 4.60. The summed E-state index contributed by atoms with van der Waals surface area (Å²) < 4.78 is 30.6. The van der Waals surface area contributed by atoms with Crippen LogP contribution in [-0.2, 0) is 38.9 Å². The van der Waals surface area contributed by atoms with Gasteiger partial charge in [0.1, 0.15) is 54.5 Å². The monoisotopic (exact) mass is 586 g/mol. The molecule has 2 amide bonds. The Labute approximate surface area is 244 Å². The minimum Gasteiger partial charge on any atom is -0.463 e. The summed E-state index contributed by atoms with van der Waals surface area (Å²) in [6.07, 6.45) is -1.68. The quantitative estimate of drug-likeness (QED) is 0.435. The summed E-state index contributed by atoms with van der Waals surface area (Å²) in [7, 11) is 0. The van der Waals surface area contributed by atoms with Gasteiger partial charge in [-0.05, 0) is 52.7 Å². The Kier molecular flexibility index (Phi) is 8.50. The average molecular weight is 587 g/mol. The standard InChI is InChI=1S/C28H38N6O8/c1-9-19(35)38-12-17-21-22(41-27(7,8)40-21)28(13-29,39-17)18-11-10-16-23(30-14-31-34(16)18)33-24(36)20(15(2)3)32-25(37)42-26(4,5)6/h10-11,14-15,17,20-22H,9,12H2,1-8H3,(H,32,37)(H,30,31,33,36)/t17-,20+,21-,22-,28+/m1/s1. The summed E-state index contributed by atoms with van der Waals surface area (Å²) in [6.45, 7) is 13.8. The Morgan fingerprint density at radius 1 is 1.19 bits per heavy atom. The molecule has 2 saturated heterocycles. The van der Waals surface area contributed by atoms with Gasteiger partial charge < -0.3 is 34.3 Å². The van der Waals surface area contributed by atoms with Gasteiger partial charge in [-0.3, -0.25) is 9.59 Å². The van der Waals surface area contributed by atoms with E-state index in [1.807, 2.05) is 0 Å². The first kappa shape index (κ1) is 31.1. The van der Waals surface area contributed by atoms with Crippen molar-refractivity contribution in [3.63, 3.8) is 0 Å². The normalized spacial score (nSPS) is 25.5. The molecule has 2 fully saturated rings. The van der Waals surface area contributed by atoms with Crippen molar-refractivity contribution >= 4 is 29.3 Å². The molecule has 2 N–H and O–H groups in total. The third-order valence-electron chi connectivity index (χ3n) is 6.79. The molecule has 2 aromatic heterocycles. The largest absolute Gasteiger partial charge is 0.463 e. The maximum absolute atomic E-state index is 13.3. The van der Waals surface area contributed by atoms with Crippen molar-refractivity contribution in [2.24, 2.45) is 5.92 Å². The molecule has 2 aliphatic rings. The van der Waals surface area contributed by atoms with E-state index in [0.29, 0.717) is 11.2 Å². The van der Waals surface area contributed by atoms with Gasteiger partial charge >= 0.3 is 12.1 Å². The fraction of sp³-hybridized carbons (Fsp3) is 0.643. The van der Waals surface area contributed by atoms with E-state index < -0.39 is 59.3 Å². The minimum atomic E-state index is -1.69. The molecule has 5 atom stereocenters. The number of ether oxygens (including phenoxy) is 5. The molecule has 0 spiro atoms. The van der Waals surface area contributed by atoms with E-state index in [9.17, 15) is 19.6 Å². The maximum atomic E-state index is 13.3. The first-order valence-electron chi connectivity index (χ1n) is 13.8. The van der Waals surface area contributed by atoms with Gasteiger partial charge in [-0.15, -0.1) is 0 Å². The van der Waals surface area contributed by atoms with Crippen LogP contribution in [0.4, 0.5) is 10.6 Å². The molecule has 0 radical (unpaired) electrons. The lowest BCUT2D eigenvalue weighted by molar-refractivity contribution is -0.206. The SMILES string of the molecule is CCC(=O)OC[C@H]1O[C@@](C#N)(c2ccc3c(NC(=O)[C@@H](NC(=O)OC(C)(C)C)C(C)C)ncnn23)[C@@H]2OC(C)(C)O[C@@H]21. The summed E-state index contributed by atoms with van der Waals surface area (Å²) in [5, 5.41) is 20.2. The highest BCUT2D eigenvalue weighted by molar-refractivity contribution is 5.98. The van der Waals surface area contributed by atoms with Crippen LogP contribution in [0.15, 0.2) is 18.5 Å². The van der Waals surface area contributed by atoms with Gasteiger partial charge in [0.25, 0.3) is 0 Å². The average Bonchev–Trinajstić information content (AvgIpc) is 3.55. The number of aromatic nitrogens is 3. The fourth-order valence-corrected chi connectivity index (χ4v) is 4.98. The Morgan fingerprint density at radius 2 is 1.90 bits per heavy atom. The number of alkyl carbamates (subject to hydrolysis) is 1. The van der Waals surface area contributed by atoms with Crippen LogP contribution in [0.5, 0.6) is 0 Å². The predicted molar refractivity (Wildman–Crippen MR) is 147 cm³/mol. The number of esters is 1. The molecule has 2 aliphatic heterocycles. The van der Waals surface area contributed by atoms with E-state index >= 15 is 0 Å². The van der Waals surface area contributed by atoms with Crippen LogP contribution in [0.25, 0.3) is 5.52 Å². The van der Waals surface area contributed by atoms with Crippen LogP contribution in [0.3, 0.4) is 0 Å². The number of nitriles is 1. The molecular weight excluding hydrogens is 548 g/mol. The van der Waals surface area contributed by atoms with Crippen LogP contribution < -0.4 is 10.6 Å². The van der Waals surface area contributed by atoms with Gasteiger partial charge in [0.15, 0.2) is 11.6 Å². The second-order valence-corrected chi connectivity index (χ2v) is 12.0.